The minimum atomic E-state index is -0.843. The molecule has 10 heteroatoms. The number of thiocarbonyl (C=S) groups is 1. The van der Waals surface area contributed by atoms with E-state index in [9.17, 15) is 14.4 Å². The number of carbonyl (C=O) groups excluding carboxylic acids is 3. The monoisotopic (exact) mass is 555 g/mol. The molecule has 0 saturated carbocycles. The SMILES string of the molecule is CCCCCOC(=O)CC1C(=O)NCCN1C(=S)NC(=O)c1cc(Br)ccc1OCCC(C)C. The summed E-state index contributed by atoms with van der Waals surface area (Å²) < 4.78 is 11.8. The first-order chi connectivity index (χ1) is 16.2. The minimum Gasteiger partial charge on any atom is -0.493 e. The number of benzene rings is 1. The fourth-order valence-electron chi connectivity index (χ4n) is 3.36. The predicted molar refractivity (Wildman–Crippen MR) is 138 cm³/mol. The molecule has 1 fully saturated rings. The first-order valence-electron chi connectivity index (χ1n) is 11.7. The molecule has 0 aromatic heterocycles. The van der Waals surface area contributed by atoms with Crippen molar-refractivity contribution in [2.75, 3.05) is 26.3 Å². The zero-order valence-corrected chi connectivity index (χ0v) is 22.4. The van der Waals surface area contributed by atoms with E-state index in [-0.39, 0.29) is 17.4 Å². The van der Waals surface area contributed by atoms with Crippen molar-refractivity contribution in [3.8, 4) is 5.75 Å². The normalized spacial score (nSPS) is 15.6. The zero-order valence-electron chi connectivity index (χ0n) is 20.0. The van der Waals surface area contributed by atoms with E-state index in [0.717, 1.165) is 30.2 Å². The van der Waals surface area contributed by atoms with Crippen LogP contribution in [0.15, 0.2) is 22.7 Å². The van der Waals surface area contributed by atoms with Crippen LogP contribution in [-0.2, 0) is 14.3 Å². The highest BCUT2D eigenvalue weighted by molar-refractivity contribution is 9.10. The van der Waals surface area contributed by atoms with Gasteiger partial charge in [0, 0.05) is 17.6 Å². The van der Waals surface area contributed by atoms with E-state index in [2.05, 4.69) is 47.3 Å². The molecule has 1 unspecified atom stereocenters. The van der Waals surface area contributed by atoms with Crippen LogP contribution in [0.2, 0.25) is 0 Å². The standard InChI is InChI=1S/C24H34BrN3O5S/c1-4-5-6-12-33-21(29)15-19-23(31)26-10-11-28(19)24(34)27-22(30)18-14-17(25)7-8-20(18)32-13-9-16(2)3/h7-8,14,16,19H,4-6,9-13,15H2,1-3H3,(H,26,31)(H,27,30,34). The number of nitrogens with zero attached hydrogens (tertiary/aromatic N) is 1. The highest BCUT2D eigenvalue weighted by Gasteiger charge is 2.34. The molecule has 1 heterocycles. The molecular weight excluding hydrogens is 522 g/mol. The summed E-state index contributed by atoms with van der Waals surface area (Å²) in [4.78, 5) is 39.4. The van der Waals surface area contributed by atoms with Crippen molar-refractivity contribution in [1.82, 2.24) is 15.5 Å². The highest BCUT2D eigenvalue weighted by atomic mass is 79.9. The van der Waals surface area contributed by atoms with Crippen LogP contribution in [0.4, 0.5) is 0 Å². The lowest BCUT2D eigenvalue weighted by Crippen LogP contribution is -2.60. The summed E-state index contributed by atoms with van der Waals surface area (Å²) in [5, 5.41) is 5.53. The summed E-state index contributed by atoms with van der Waals surface area (Å²) in [6, 6.07) is 4.35. The van der Waals surface area contributed by atoms with Gasteiger partial charge in [0.2, 0.25) is 5.91 Å². The second-order valence-electron chi connectivity index (χ2n) is 8.56. The molecule has 8 nitrogen and oxygen atoms in total. The number of hydrogen-bond donors (Lipinski definition) is 2. The number of amides is 2. The minimum absolute atomic E-state index is 0.0803. The number of ether oxygens (including phenoxy) is 2. The van der Waals surface area contributed by atoms with Crippen LogP contribution in [-0.4, -0.2) is 60.1 Å². The average molecular weight is 557 g/mol. The van der Waals surface area contributed by atoms with Crippen LogP contribution in [0.25, 0.3) is 0 Å². The van der Waals surface area contributed by atoms with E-state index < -0.39 is 17.9 Å². The Labute approximate surface area is 215 Å². The largest absolute Gasteiger partial charge is 0.493 e. The van der Waals surface area contributed by atoms with Crippen molar-refractivity contribution in [2.24, 2.45) is 5.92 Å². The summed E-state index contributed by atoms with van der Waals surface area (Å²) in [6.45, 7) is 7.80. The van der Waals surface area contributed by atoms with Crippen molar-refractivity contribution >= 4 is 51.0 Å². The molecular formula is C24H34BrN3O5S. The van der Waals surface area contributed by atoms with E-state index in [1.807, 2.05) is 0 Å². The molecule has 0 aliphatic carbocycles. The number of rotatable bonds is 11. The van der Waals surface area contributed by atoms with Gasteiger partial charge < -0.3 is 19.7 Å². The van der Waals surface area contributed by atoms with Crippen LogP contribution >= 0.6 is 28.1 Å². The van der Waals surface area contributed by atoms with Gasteiger partial charge in [-0.15, -0.1) is 0 Å². The topological polar surface area (TPSA) is 97.0 Å². The Bertz CT molecular complexity index is 880. The second-order valence-corrected chi connectivity index (χ2v) is 9.87. The van der Waals surface area contributed by atoms with Crippen LogP contribution < -0.4 is 15.4 Å². The first-order valence-corrected chi connectivity index (χ1v) is 12.9. The number of halogens is 1. The van der Waals surface area contributed by atoms with Crippen molar-refractivity contribution in [1.29, 1.82) is 0 Å². The molecule has 0 spiro atoms. The van der Waals surface area contributed by atoms with E-state index >= 15 is 0 Å². The van der Waals surface area contributed by atoms with Crippen LogP contribution in [0, 0.1) is 5.92 Å². The third-order valence-corrected chi connectivity index (χ3v) is 6.15. The van der Waals surface area contributed by atoms with E-state index in [1.165, 1.54) is 0 Å². The number of carbonyl (C=O) groups is 3. The Morgan fingerprint density at radius 3 is 2.76 bits per heavy atom. The molecule has 34 heavy (non-hydrogen) atoms. The van der Waals surface area contributed by atoms with Gasteiger partial charge in [-0.1, -0.05) is 49.5 Å². The van der Waals surface area contributed by atoms with Gasteiger partial charge in [-0.05, 0) is 49.2 Å². The third-order valence-electron chi connectivity index (χ3n) is 5.32. The zero-order chi connectivity index (χ0) is 25.1. The van der Waals surface area contributed by atoms with Crippen molar-refractivity contribution in [3.05, 3.63) is 28.2 Å². The summed E-state index contributed by atoms with van der Waals surface area (Å²) >= 11 is 8.85. The Morgan fingerprint density at radius 1 is 1.29 bits per heavy atom. The van der Waals surface area contributed by atoms with Crippen molar-refractivity contribution < 1.29 is 23.9 Å². The molecule has 2 amide bonds. The smallest absolute Gasteiger partial charge is 0.308 e. The maximum atomic E-state index is 13.1. The molecule has 188 valence electrons. The summed E-state index contributed by atoms with van der Waals surface area (Å²) in [5.74, 6) is -0.315. The van der Waals surface area contributed by atoms with Crippen LogP contribution in [0.1, 0.15) is 63.2 Å². The second kappa shape index (κ2) is 14.3. The molecule has 1 atom stereocenters. The van der Waals surface area contributed by atoms with Gasteiger partial charge in [0.1, 0.15) is 11.8 Å². The van der Waals surface area contributed by atoms with Gasteiger partial charge in [0.25, 0.3) is 5.91 Å². The quantitative estimate of drug-likeness (QED) is 0.243. The number of esters is 1. The van der Waals surface area contributed by atoms with Gasteiger partial charge in [-0.2, -0.15) is 0 Å². The highest BCUT2D eigenvalue weighted by Crippen LogP contribution is 2.24. The Balaban J connectivity index is 2.06. The number of nitrogens with one attached hydrogen (secondary N) is 2. The third kappa shape index (κ3) is 8.87. The van der Waals surface area contributed by atoms with Gasteiger partial charge in [0.05, 0.1) is 25.2 Å². The lowest BCUT2D eigenvalue weighted by molar-refractivity contribution is -0.147. The molecule has 1 aromatic carbocycles. The molecule has 1 aliphatic heterocycles. The van der Waals surface area contributed by atoms with E-state index in [1.54, 1.807) is 23.1 Å². The summed E-state index contributed by atoms with van der Waals surface area (Å²) in [5.41, 5.74) is 0.328. The van der Waals surface area contributed by atoms with Gasteiger partial charge in [0.15, 0.2) is 5.11 Å². The summed E-state index contributed by atoms with van der Waals surface area (Å²) in [6.07, 6.45) is 3.49. The fraction of sp³-hybridized carbons (Fsp3) is 0.583. The number of piperazine rings is 1. The molecule has 2 rings (SSSR count). The van der Waals surface area contributed by atoms with Crippen molar-refractivity contribution in [3.63, 3.8) is 0 Å². The molecule has 0 bridgehead atoms. The molecule has 0 radical (unpaired) electrons. The van der Waals surface area contributed by atoms with Crippen LogP contribution in [0.3, 0.4) is 0 Å². The first kappa shape index (κ1) is 28.0. The molecule has 1 saturated heterocycles. The Kier molecular flexibility index (Phi) is 11.8. The molecule has 1 aliphatic rings. The van der Waals surface area contributed by atoms with E-state index in [4.69, 9.17) is 21.7 Å². The number of unbranched alkanes of at least 4 members (excludes halogenated alkanes) is 2. The van der Waals surface area contributed by atoms with Gasteiger partial charge in [-0.25, -0.2) is 0 Å². The average Bonchev–Trinajstić information content (AvgIpc) is 2.78. The predicted octanol–water partition coefficient (Wildman–Crippen LogP) is 3.81. The van der Waals surface area contributed by atoms with Crippen LogP contribution in [0.5, 0.6) is 5.75 Å². The Morgan fingerprint density at radius 2 is 2.06 bits per heavy atom. The molecule has 2 N–H and O–H groups in total. The van der Waals surface area contributed by atoms with E-state index in [0.29, 0.717) is 43.5 Å². The van der Waals surface area contributed by atoms with Gasteiger partial charge >= 0.3 is 5.97 Å². The maximum Gasteiger partial charge on any atom is 0.308 e. The maximum absolute atomic E-state index is 13.1. The number of hydrogen-bond acceptors (Lipinski definition) is 6. The fourth-order valence-corrected chi connectivity index (χ4v) is 4.03. The molecule has 1 aromatic rings. The van der Waals surface area contributed by atoms with Crippen molar-refractivity contribution in [2.45, 2.75) is 58.9 Å². The summed E-state index contributed by atoms with van der Waals surface area (Å²) in [7, 11) is 0. The Hall–Kier alpha value is -2.20. The van der Waals surface area contributed by atoms with Gasteiger partial charge in [-0.3, -0.25) is 19.7 Å². The lowest BCUT2D eigenvalue weighted by atomic mass is 10.1. The lowest BCUT2D eigenvalue weighted by Gasteiger charge is -2.36.